The first kappa shape index (κ1) is 13.9. The Bertz CT molecular complexity index is 491. The number of hydrogen-bond donors (Lipinski definition) is 0. The van der Waals surface area contributed by atoms with Crippen LogP contribution in [0, 0.1) is 0 Å². The molecule has 0 aliphatic heterocycles. The SMILES string of the molecule is CCCCc1ncc(C=O)n1S(=O)(=O)N(C)C. The van der Waals surface area contributed by atoms with Crippen LogP contribution in [0.2, 0.25) is 0 Å². The van der Waals surface area contributed by atoms with Crippen molar-refractivity contribution >= 4 is 16.5 Å². The van der Waals surface area contributed by atoms with Gasteiger partial charge in [-0.05, 0) is 6.42 Å². The molecule has 1 rings (SSSR count). The van der Waals surface area contributed by atoms with Crippen LogP contribution in [0.25, 0.3) is 0 Å². The van der Waals surface area contributed by atoms with Crippen molar-refractivity contribution in [1.29, 1.82) is 0 Å². The van der Waals surface area contributed by atoms with Gasteiger partial charge in [0.25, 0.3) is 0 Å². The molecule has 17 heavy (non-hydrogen) atoms. The second-order valence-electron chi connectivity index (χ2n) is 3.88. The summed E-state index contributed by atoms with van der Waals surface area (Å²) in [5.41, 5.74) is 0.0600. The van der Waals surface area contributed by atoms with E-state index in [4.69, 9.17) is 0 Å². The number of aromatic nitrogens is 2. The van der Waals surface area contributed by atoms with Gasteiger partial charge in [-0.25, -0.2) is 8.96 Å². The number of rotatable bonds is 6. The number of unbranched alkanes of at least 4 members (excludes halogenated alkanes) is 1. The molecule has 0 aliphatic rings. The predicted octanol–water partition coefficient (Wildman–Crippen LogP) is 0.693. The predicted molar refractivity (Wildman–Crippen MR) is 64.2 cm³/mol. The van der Waals surface area contributed by atoms with Gasteiger partial charge in [0.15, 0.2) is 6.29 Å². The fourth-order valence-electron chi connectivity index (χ4n) is 1.40. The van der Waals surface area contributed by atoms with Crippen molar-refractivity contribution in [3.8, 4) is 0 Å². The normalized spacial score (nSPS) is 12.0. The Balaban J connectivity index is 3.28. The quantitative estimate of drug-likeness (QED) is 0.705. The monoisotopic (exact) mass is 259 g/mol. The van der Waals surface area contributed by atoms with E-state index in [1.54, 1.807) is 0 Å². The first-order valence-electron chi connectivity index (χ1n) is 5.40. The zero-order chi connectivity index (χ0) is 13.1. The van der Waals surface area contributed by atoms with Crippen molar-refractivity contribution in [2.45, 2.75) is 26.2 Å². The Morgan fingerprint density at radius 2 is 2.12 bits per heavy atom. The number of hydrogen-bond acceptors (Lipinski definition) is 4. The number of nitrogens with zero attached hydrogens (tertiary/aromatic N) is 3. The molecule has 0 radical (unpaired) electrons. The molecule has 7 heteroatoms. The number of aryl methyl sites for hydroxylation is 1. The molecule has 0 amide bonds. The highest BCUT2D eigenvalue weighted by molar-refractivity contribution is 7.87. The van der Waals surface area contributed by atoms with E-state index in [1.807, 2.05) is 6.92 Å². The van der Waals surface area contributed by atoms with Crippen LogP contribution < -0.4 is 0 Å². The summed E-state index contributed by atoms with van der Waals surface area (Å²) in [5.74, 6) is 0.405. The van der Waals surface area contributed by atoms with Gasteiger partial charge < -0.3 is 0 Å². The van der Waals surface area contributed by atoms with Gasteiger partial charge in [0, 0.05) is 20.5 Å². The molecule has 0 spiro atoms. The van der Waals surface area contributed by atoms with Gasteiger partial charge in [0.05, 0.1) is 6.20 Å². The van der Waals surface area contributed by atoms with Crippen LogP contribution in [0.3, 0.4) is 0 Å². The van der Waals surface area contributed by atoms with Gasteiger partial charge in [-0.1, -0.05) is 13.3 Å². The minimum absolute atomic E-state index is 0.0600. The molecule has 0 aliphatic carbocycles. The summed E-state index contributed by atoms with van der Waals surface area (Å²) in [4.78, 5) is 14.8. The van der Waals surface area contributed by atoms with E-state index in [2.05, 4.69) is 4.98 Å². The molecular formula is C10H17N3O3S. The van der Waals surface area contributed by atoms with Crippen molar-refractivity contribution < 1.29 is 13.2 Å². The Morgan fingerprint density at radius 3 is 2.59 bits per heavy atom. The maximum Gasteiger partial charge on any atom is 0.309 e. The lowest BCUT2D eigenvalue weighted by atomic mass is 10.2. The summed E-state index contributed by atoms with van der Waals surface area (Å²) < 4.78 is 26.2. The Morgan fingerprint density at radius 1 is 1.47 bits per heavy atom. The molecule has 0 unspecified atom stereocenters. The molecule has 0 fully saturated rings. The third-order valence-corrected chi connectivity index (χ3v) is 4.19. The van der Waals surface area contributed by atoms with Gasteiger partial charge in [-0.2, -0.15) is 12.7 Å². The third kappa shape index (κ3) is 2.73. The molecule has 0 saturated heterocycles. The molecule has 6 nitrogen and oxygen atoms in total. The minimum atomic E-state index is -3.68. The fourth-order valence-corrected chi connectivity index (χ4v) is 2.49. The van der Waals surface area contributed by atoms with Crippen LogP contribution in [0.15, 0.2) is 6.20 Å². The topological polar surface area (TPSA) is 72.3 Å². The molecule has 0 saturated carbocycles. The number of carbonyl (C=O) groups is 1. The number of imidazole rings is 1. The molecule has 96 valence electrons. The summed E-state index contributed by atoms with van der Waals surface area (Å²) in [6.07, 6.45) is 4.10. The number of carbonyl (C=O) groups excluding carboxylic acids is 1. The van der Waals surface area contributed by atoms with Crippen molar-refractivity contribution in [3.05, 3.63) is 17.7 Å². The van der Waals surface area contributed by atoms with E-state index < -0.39 is 10.2 Å². The molecule has 0 N–H and O–H groups in total. The van der Waals surface area contributed by atoms with Crippen LogP contribution in [-0.4, -0.2) is 42.1 Å². The minimum Gasteiger partial charge on any atom is -0.296 e. The third-order valence-electron chi connectivity index (χ3n) is 2.38. The first-order chi connectivity index (χ1) is 7.95. The van der Waals surface area contributed by atoms with Crippen molar-refractivity contribution in [2.75, 3.05) is 14.1 Å². The van der Waals surface area contributed by atoms with Crippen LogP contribution in [0.5, 0.6) is 0 Å². The van der Waals surface area contributed by atoms with Crippen molar-refractivity contribution in [2.24, 2.45) is 0 Å². The fraction of sp³-hybridized carbons (Fsp3) is 0.600. The van der Waals surface area contributed by atoms with Gasteiger partial charge >= 0.3 is 10.2 Å². The lowest BCUT2D eigenvalue weighted by molar-refractivity contribution is 0.111. The highest BCUT2D eigenvalue weighted by atomic mass is 32.2. The summed E-state index contributed by atoms with van der Waals surface area (Å²) in [6, 6.07) is 0. The molecule has 0 atom stereocenters. The molecule has 1 aromatic heterocycles. The van der Waals surface area contributed by atoms with E-state index in [0.717, 1.165) is 21.1 Å². The smallest absolute Gasteiger partial charge is 0.296 e. The molecule has 0 bridgehead atoms. The van der Waals surface area contributed by atoms with Gasteiger partial charge in [0.2, 0.25) is 0 Å². The van der Waals surface area contributed by atoms with Crippen LogP contribution in [-0.2, 0) is 16.6 Å². The number of aldehydes is 1. The van der Waals surface area contributed by atoms with E-state index in [9.17, 15) is 13.2 Å². The zero-order valence-electron chi connectivity index (χ0n) is 10.3. The largest absolute Gasteiger partial charge is 0.309 e. The van der Waals surface area contributed by atoms with Crippen LogP contribution in [0.4, 0.5) is 0 Å². The second-order valence-corrected chi connectivity index (χ2v) is 5.87. The van der Waals surface area contributed by atoms with Crippen LogP contribution in [0.1, 0.15) is 36.1 Å². The second kappa shape index (κ2) is 5.42. The average molecular weight is 259 g/mol. The highest BCUT2D eigenvalue weighted by Gasteiger charge is 2.23. The van der Waals surface area contributed by atoms with Crippen molar-refractivity contribution in [1.82, 2.24) is 13.3 Å². The summed E-state index contributed by atoms with van der Waals surface area (Å²) in [7, 11) is -0.833. The van der Waals surface area contributed by atoms with E-state index in [0.29, 0.717) is 18.5 Å². The van der Waals surface area contributed by atoms with E-state index in [-0.39, 0.29) is 5.69 Å². The maximum atomic E-state index is 12.0. The zero-order valence-corrected chi connectivity index (χ0v) is 11.1. The lowest BCUT2D eigenvalue weighted by Crippen LogP contribution is -2.31. The van der Waals surface area contributed by atoms with Crippen molar-refractivity contribution in [3.63, 3.8) is 0 Å². The first-order valence-corrected chi connectivity index (χ1v) is 6.79. The van der Waals surface area contributed by atoms with Gasteiger partial charge in [-0.15, -0.1) is 0 Å². The molecular weight excluding hydrogens is 242 g/mol. The highest BCUT2D eigenvalue weighted by Crippen LogP contribution is 2.12. The van der Waals surface area contributed by atoms with Gasteiger partial charge in [0.1, 0.15) is 11.5 Å². The lowest BCUT2D eigenvalue weighted by Gasteiger charge is -2.15. The Kier molecular flexibility index (Phi) is 4.41. The molecule has 0 aromatic carbocycles. The standard InChI is InChI=1S/C10H17N3O3S/c1-4-5-6-10-11-7-9(8-14)13(10)17(15,16)12(2)3/h7-8H,4-6H2,1-3H3. The van der Waals surface area contributed by atoms with E-state index >= 15 is 0 Å². The van der Waals surface area contributed by atoms with E-state index in [1.165, 1.54) is 20.3 Å². The van der Waals surface area contributed by atoms with Crippen LogP contribution >= 0.6 is 0 Å². The van der Waals surface area contributed by atoms with Gasteiger partial charge in [-0.3, -0.25) is 4.79 Å². The maximum absolute atomic E-state index is 12.0. The molecule has 1 aromatic rings. The Labute approximate surface area is 101 Å². The summed E-state index contributed by atoms with van der Waals surface area (Å²) in [6.45, 7) is 2.01. The summed E-state index contributed by atoms with van der Waals surface area (Å²) in [5, 5.41) is 0. The Hall–Kier alpha value is -1.21. The average Bonchev–Trinajstić information content (AvgIpc) is 2.69. The molecule has 1 heterocycles. The summed E-state index contributed by atoms with van der Waals surface area (Å²) >= 11 is 0.